The molecule has 0 aliphatic carbocycles. The van der Waals surface area contributed by atoms with Crippen molar-refractivity contribution < 1.29 is 4.79 Å². The minimum absolute atomic E-state index is 0.166. The van der Waals surface area contributed by atoms with Crippen molar-refractivity contribution in [3.8, 4) is 0 Å². The van der Waals surface area contributed by atoms with Crippen molar-refractivity contribution in [1.29, 1.82) is 0 Å². The highest BCUT2D eigenvalue weighted by Gasteiger charge is 2.22. The third-order valence-electron chi connectivity index (χ3n) is 4.70. The van der Waals surface area contributed by atoms with Gasteiger partial charge in [0.25, 0.3) is 0 Å². The molecular weight excluding hydrogens is 306 g/mol. The van der Waals surface area contributed by atoms with Crippen molar-refractivity contribution in [3.63, 3.8) is 0 Å². The molecule has 1 aromatic carbocycles. The van der Waals surface area contributed by atoms with E-state index in [-0.39, 0.29) is 5.91 Å². The van der Waals surface area contributed by atoms with Gasteiger partial charge in [-0.3, -0.25) is 4.79 Å². The average Bonchev–Trinajstić information content (AvgIpc) is 3.15. The Bertz CT molecular complexity index is 893. The Morgan fingerprint density at radius 3 is 3.00 bits per heavy atom. The summed E-state index contributed by atoms with van der Waals surface area (Å²) < 4.78 is 1.97. The van der Waals surface area contributed by atoms with Crippen molar-refractivity contribution in [3.05, 3.63) is 51.5 Å². The molecule has 5 heteroatoms. The predicted octanol–water partition coefficient (Wildman–Crippen LogP) is 3.30. The number of rotatable bonds is 2. The van der Waals surface area contributed by atoms with Gasteiger partial charge in [0.05, 0.1) is 17.4 Å². The van der Waals surface area contributed by atoms with Crippen LogP contribution in [0.1, 0.15) is 21.6 Å². The Morgan fingerprint density at radius 1 is 1.30 bits per heavy atom. The van der Waals surface area contributed by atoms with E-state index in [0.717, 1.165) is 30.5 Å². The summed E-state index contributed by atoms with van der Waals surface area (Å²) in [5, 5.41) is 2.12. The summed E-state index contributed by atoms with van der Waals surface area (Å²) in [6.45, 7) is 6.10. The number of nitrogens with zero attached hydrogens (tertiary/aromatic N) is 3. The number of carbonyl (C=O) groups is 1. The van der Waals surface area contributed by atoms with Crippen LogP contribution in [0.5, 0.6) is 0 Å². The normalized spacial score (nSPS) is 14.3. The van der Waals surface area contributed by atoms with Gasteiger partial charge in [-0.25, -0.2) is 4.98 Å². The topological polar surface area (TPSA) is 38.1 Å². The van der Waals surface area contributed by atoms with Gasteiger partial charge in [-0.2, -0.15) is 0 Å². The molecule has 0 atom stereocenters. The standard InChI is InChI=1S/C18H19N3OS/c1-12-7-15-16(8-13(12)2)21(11-19-15)10-18(22)20-5-3-17-14(9-20)4-6-23-17/h4,6-8,11H,3,5,9-10H2,1-2H3. The van der Waals surface area contributed by atoms with E-state index < -0.39 is 0 Å². The molecule has 1 amide bonds. The number of aromatic nitrogens is 2. The molecule has 0 fully saturated rings. The van der Waals surface area contributed by atoms with Gasteiger partial charge >= 0.3 is 0 Å². The molecule has 23 heavy (non-hydrogen) atoms. The van der Waals surface area contributed by atoms with Crippen molar-refractivity contribution in [2.24, 2.45) is 0 Å². The second kappa shape index (κ2) is 5.49. The third-order valence-corrected chi connectivity index (χ3v) is 5.73. The molecule has 4 rings (SSSR count). The SMILES string of the molecule is Cc1cc2ncn(CC(=O)N3CCc4sccc4C3)c2cc1C. The fourth-order valence-electron chi connectivity index (χ4n) is 3.15. The molecule has 0 bridgehead atoms. The lowest BCUT2D eigenvalue weighted by atomic mass is 10.1. The monoisotopic (exact) mass is 325 g/mol. The number of carbonyl (C=O) groups excluding carboxylic acids is 1. The Kier molecular flexibility index (Phi) is 3.45. The van der Waals surface area contributed by atoms with Gasteiger partial charge in [-0.1, -0.05) is 0 Å². The summed E-state index contributed by atoms with van der Waals surface area (Å²) in [6, 6.07) is 6.35. The molecule has 0 saturated heterocycles. The zero-order valence-electron chi connectivity index (χ0n) is 13.4. The number of benzene rings is 1. The Labute approximate surface area is 139 Å². The summed E-state index contributed by atoms with van der Waals surface area (Å²) in [7, 11) is 0. The molecule has 3 aromatic rings. The zero-order chi connectivity index (χ0) is 16.0. The van der Waals surface area contributed by atoms with E-state index in [4.69, 9.17) is 0 Å². The molecule has 0 unspecified atom stereocenters. The zero-order valence-corrected chi connectivity index (χ0v) is 14.2. The average molecular weight is 325 g/mol. The van der Waals surface area contributed by atoms with Crippen molar-refractivity contribution in [2.75, 3.05) is 6.54 Å². The van der Waals surface area contributed by atoms with Gasteiger partial charge in [0.1, 0.15) is 6.54 Å². The van der Waals surface area contributed by atoms with Crippen LogP contribution in [0.4, 0.5) is 0 Å². The molecule has 118 valence electrons. The Morgan fingerprint density at radius 2 is 2.13 bits per heavy atom. The maximum atomic E-state index is 12.7. The summed E-state index contributed by atoms with van der Waals surface area (Å²) in [6.07, 6.45) is 2.75. The molecule has 1 aliphatic heterocycles. The summed E-state index contributed by atoms with van der Waals surface area (Å²) >= 11 is 1.80. The Hall–Kier alpha value is -2.14. The minimum atomic E-state index is 0.166. The van der Waals surface area contributed by atoms with Crippen LogP contribution >= 0.6 is 11.3 Å². The second-order valence-corrected chi connectivity index (χ2v) is 7.23. The maximum absolute atomic E-state index is 12.7. The molecule has 4 nitrogen and oxygen atoms in total. The van der Waals surface area contributed by atoms with E-state index >= 15 is 0 Å². The van der Waals surface area contributed by atoms with E-state index in [1.165, 1.54) is 21.6 Å². The van der Waals surface area contributed by atoms with Crippen LogP contribution in [-0.2, 0) is 24.3 Å². The van der Waals surface area contributed by atoms with Crippen molar-refractivity contribution in [1.82, 2.24) is 14.5 Å². The second-order valence-electron chi connectivity index (χ2n) is 6.23. The highest BCUT2D eigenvalue weighted by atomic mass is 32.1. The van der Waals surface area contributed by atoms with Crippen molar-refractivity contribution >= 4 is 28.3 Å². The first kappa shape index (κ1) is 14.5. The lowest BCUT2D eigenvalue weighted by molar-refractivity contribution is -0.132. The van der Waals surface area contributed by atoms with E-state index in [9.17, 15) is 4.79 Å². The number of amides is 1. The van der Waals surface area contributed by atoms with Gasteiger partial charge in [0, 0.05) is 18.0 Å². The van der Waals surface area contributed by atoms with E-state index in [0.29, 0.717) is 6.54 Å². The third kappa shape index (κ3) is 2.55. The van der Waals surface area contributed by atoms with Crippen LogP contribution in [0.2, 0.25) is 0 Å². The van der Waals surface area contributed by atoms with Gasteiger partial charge in [-0.15, -0.1) is 11.3 Å². The van der Waals surface area contributed by atoms with Crippen molar-refractivity contribution in [2.45, 2.75) is 33.4 Å². The molecule has 1 aliphatic rings. The number of thiophene rings is 1. The van der Waals surface area contributed by atoms with Gasteiger partial charge < -0.3 is 9.47 Å². The summed E-state index contributed by atoms with van der Waals surface area (Å²) in [4.78, 5) is 20.5. The van der Waals surface area contributed by atoms with Gasteiger partial charge in [0.2, 0.25) is 5.91 Å². The summed E-state index contributed by atoms with van der Waals surface area (Å²) in [5.74, 6) is 0.166. The highest BCUT2D eigenvalue weighted by molar-refractivity contribution is 7.10. The number of fused-ring (bicyclic) bond motifs is 2. The lowest BCUT2D eigenvalue weighted by Gasteiger charge is -2.27. The Balaban J connectivity index is 1.56. The first-order chi connectivity index (χ1) is 11.1. The highest BCUT2D eigenvalue weighted by Crippen LogP contribution is 2.24. The van der Waals surface area contributed by atoms with Crippen LogP contribution in [-0.4, -0.2) is 26.9 Å². The minimum Gasteiger partial charge on any atom is -0.336 e. The molecule has 0 saturated carbocycles. The quantitative estimate of drug-likeness (QED) is 0.725. The number of hydrogen-bond acceptors (Lipinski definition) is 3. The molecule has 0 radical (unpaired) electrons. The molecule has 0 N–H and O–H groups in total. The van der Waals surface area contributed by atoms with E-state index in [1.54, 1.807) is 17.7 Å². The maximum Gasteiger partial charge on any atom is 0.242 e. The van der Waals surface area contributed by atoms with Gasteiger partial charge in [-0.05, 0) is 60.5 Å². The largest absolute Gasteiger partial charge is 0.336 e. The van der Waals surface area contributed by atoms with Crippen LogP contribution < -0.4 is 0 Å². The number of imidazole rings is 1. The number of aryl methyl sites for hydroxylation is 2. The van der Waals surface area contributed by atoms with Crippen LogP contribution in [0.25, 0.3) is 11.0 Å². The fraction of sp³-hybridized carbons (Fsp3) is 0.333. The predicted molar refractivity (Wildman–Crippen MR) is 92.6 cm³/mol. The van der Waals surface area contributed by atoms with Crippen LogP contribution in [0.3, 0.4) is 0 Å². The number of hydrogen-bond donors (Lipinski definition) is 0. The molecule has 3 heterocycles. The summed E-state index contributed by atoms with van der Waals surface area (Å²) in [5.41, 5.74) is 5.76. The molecule has 2 aromatic heterocycles. The molecule has 0 spiro atoms. The first-order valence-electron chi connectivity index (χ1n) is 7.87. The van der Waals surface area contributed by atoms with Crippen LogP contribution in [0, 0.1) is 13.8 Å². The molecular formula is C18H19N3OS. The smallest absolute Gasteiger partial charge is 0.242 e. The van der Waals surface area contributed by atoms with E-state index in [1.807, 2.05) is 9.47 Å². The van der Waals surface area contributed by atoms with Crippen LogP contribution in [0.15, 0.2) is 29.9 Å². The van der Waals surface area contributed by atoms with Gasteiger partial charge in [0.15, 0.2) is 0 Å². The fourth-order valence-corrected chi connectivity index (χ4v) is 4.04. The first-order valence-corrected chi connectivity index (χ1v) is 8.75. The lowest BCUT2D eigenvalue weighted by Crippen LogP contribution is -2.37. The van der Waals surface area contributed by atoms with E-state index in [2.05, 4.69) is 42.4 Å².